The number of amides is 6. The molecule has 4 N–H and O–H groups in total. The SMILES string of the molecule is CCC(C)(C)c1ccc(OCC(=O)Nc2cccc(C(=O)NC3=NN(c4c(Cl)cc(Cl)cc4Cl)C(=O)C3C(c3ccccc3Cl)C3C(=O)N(c4c(Cl)cc(Cl)cc4Cl)N=C3NC(=O)c3cccc(NC(=O)COc4ccc(C(C)(C)CC)cc4C(C)(C)CC)c3)c2)c(C(C)(C)CC)c1. The van der Waals surface area contributed by atoms with E-state index in [9.17, 15) is 19.2 Å². The van der Waals surface area contributed by atoms with Crippen LogP contribution in [0.5, 0.6) is 11.5 Å². The number of hydrogen-bond acceptors (Lipinski definition) is 10. The van der Waals surface area contributed by atoms with Crippen LogP contribution in [-0.4, -0.2) is 60.3 Å². The van der Waals surface area contributed by atoms with Crippen LogP contribution < -0.4 is 40.8 Å². The van der Waals surface area contributed by atoms with Gasteiger partial charge in [-0.05, 0) is 143 Å². The molecule has 0 radical (unpaired) electrons. The molecule has 0 saturated heterocycles. The van der Waals surface area contributed by atoms with Crippen molar-refractivity contribution in [3.05, 3.63) is 208 Å². The largest absolute Gasteiger partial charge is 0.483 e. The zero-order valence-electron chi connectivity index (χ0n) is 56.4. The highest BCUT2D eigenvalue weighted by Crippen LogP contribution is 2.49. The van der Waals surface area contributed by atoms with Gasteiger partial charge in [0.25, 0.3) is 35.4 Å². The molecule has 2 atom stereocenters. The Morgan fingerprint density at radius 3 is 1.17 bits per heavy atom. The van der Waals surface area contributed by atoms with E-state index in [0.717, 1.165) is 58.0 Å². The smallest absolute Gasteiger partial charge is 0.262 e. The third-order valence-corrected chi connectivity index (χ3v) is 20.8. The van der Waals surface area contributed by atoms with Crippen molar-refractivity contribution in [1.29, 1.82) is 0 Å². The number of anilines is 4. The molecule has 514 valence electrons. The molecular formula is C75H77Cl7N8O8. The van der Waals surface area contributed by atoms with E-state index in [1.165, 1.54) is 54.6 Å². The van der Waals surface area contributed by atoms with Crippen LogP contribution in [0.3, 0.4) is 0 Å². The highest BCUT2D eigenvalue weighted by atomic mass is 35.5. The first-order chi connectivity index (χ1) is 46.2. The van der Waals surface area contributed by atoms with E-state index < -0.39 is 53.2 Å². The summed E-state index contributed by atoms with van der Waals surface area (Å²) in [6, 6.07) is 35.9. The normalized spacial score (nSPS) is 15.4. The first-order valence-corrected chi connectivity index (χ1v) is 34.7. The van der Waals surface area contributed by atoms with Crippen LogP contribution in [0.4, 0.5) is 22.7 Å². The van der Waals surface area contributed by atoms with E-state index in [2.05, 4.69) is 116 Å². The van der Waals surface area contributed by atoms with Gasteiger partial charge in [-0.1, -0.05) is 219 Å². The van der Waals surface area contributed by atoms with E-state index in [4.69, 9.17) is 101 Å². The molecule has 0 spiro atoms. The third kappa shape index (κ3) is 16.3. The minimum Gasteiger partial charge on any atom is -0.483 e. The molecule has 0 saturated carbocycles. The topological polar surface area (TPSA) is 200 Å². The second-order valence-corrected chi connectivity index (χ2v) is 29.7. The maximum Gasteiger partial charge on any atom is 0.262 e. The minimum absolute atomic E-state index is 0.00363. The summed E-state index contributed by atoms with van der Waals surface area (Å²) in [7, 11) is 0. The molecule has 6 amide bonds. The summed E-state index contributed by atoms with van der Waals surface area (Å²) in [5, 5.41) is 22.3. The van der Waals surface area contributed by atoms with E-state index in [1.807, 2.05) is 24.3 Å². The molecule has 2 aliphatic heterocycles. The number of amidine groups is 2. The molecule has 2 aliphatic rings. The first-order valence-electron chi connectivity index (χ1n) is 32.1. The van der Waals surface area contributed by atoms with Crippen molar-refractivity contribution in [3.63, 3.8) is 0 Å². The minimum atomic E-state index is -1.72. The molecule has 2 heterocycles. The summed E-state index contributed by atoms with van der Waals surface area (Å²) in [6.07, 6.45) is 3.47. The van der Waals surface area contributed by atoms with E-state index >= 15 is 9.59 Å². The number of nitrogens with zero attached hydrogens (tertiary/aromatic N) is 4. The number of ether oxygens (including phenoxy) is 2. The molecule has 98 heavy (non-hydrogen) atoms. The fourth-order valence-corrected chi connectivity index (χ4v) is 13.6. The van der Waals surface area contributed by atoms with Crippen molar-refractivity contribution in [3.8, 4) is 11.5 Å². The predicted octanol–water partition coefficient (Wildman–Crippen LogP) is 18.9. The lowest BCUT2D eigenvalue weighted by atomic mass is 9.74. The lowest BCUT2D eigenvalue weighted by Crippen LogP contribution is -2.47. The summed E-state index contributed by atoms with van der Waals surface area (Å²) in [4.78, 5) is 89.0. The molecule has 7 aromatic carbocycles. The highest BCUT2D eigenvalue weighted by molar-refractivity contribution is 6.44. The molecular weight excluding hydrogens is 1390 g/mol. The Bertz CT molecular complexity index is 4060. The van der Waals surface area contributed by atoms with Gasteiger partial charge >= 0.3 is 0 Å². The standard InChI is InChI=1S/C75H77Cl7N8O8/c1-13-72(5,6)43-27-29-57(50(33-43)74(9,10)15-3)97-39-59(91)83-47-23-19-21-41(31-47)68(93)85-66-62(70(95)89(87-66)64-53(79)35-45(76)36-54(64)80)61(49-25-17-18-26-52(49)78)63-67(88-90(71(63)96)65-55(81)37-46(77)38-56(65)82)86-69(94)42-22-20-24-48(32-42)84-60(92)40-98-58-30-28-44(73(7,8)14-2)34-51(58)75(11,12)16-4/h17-38,61-63H,13-16,39-40H2,1-12H3,(H,83,91)(H,84,92)(H,85,87,93)(H,86,88,94). The second kappa shape index (κ2) is 30.4. The van der Waals surface area contributed by atoms with Gasteiger partial charge in [-0.15, -0.1) is 0 Å². The van der Waals surface area contributed by atoms with Gasteiger partial charge in [0, 0.05) is 54.6 Å². The van der Waals surface area contributed by atoms with Crippen molar-refractivity contribution in [2.45, 2.75) is 136 Å². The van der Waals surface area contributed by atoms with E-state index in [1.54, 1.807) is 42.5 Å². The highest BCUT2D eigenvalue weighted by Gasteiger charge is 2.54. The van der Waals surface area contributed by atoms with Crippen molar-refractivity contribution >= 4 is 151 Å². The molecule has 0 fully saturated rings. The molecule has 2 unspecified atom stereocenters. The number of nitrogens with one attached hydrogen (secondary N) is 4. The average Bonchev–Trinajstić information content (AvgIpc) is 1.57. The molecule has 16 nitrogen and oxygen atoms in total. The number of carbonyl (C=O) groups is 6. The lowest BCUT2D eigenvalue weighted by molar-refractivity contribution is -0.123. The fourth-order valence-electron chi connectivity index (χ4n) is 11.4. The van der Waals surface area contributed by atoms with Gasteiger partial charge in [0.1, 0.15) is 46.4 Å². The summed E-state index contributed by atoms with van der Waals surface area (Å²) >= 11 is 47.3. The zero-order chi connectivity index (χ0) is 71.5. The second-order valence-electron chi connectivity index (χ2n) is 26.8. The summed E-state index contributed by atoms with van der Waals surface area (Å²) in [5.74, 6) is -8.97. The Labute approximate surface area is 607 Å². The zero-order valence-corrected chi connectivity index (χ0v) is 61.7. The van der Waals surface area contributed by atoms with Crippen LogP contribution in [0.15, 0.2) is 144 Å². The Balaban J connectivity index is 1.05. The van der Waals surface area contributed by atoms with Gasteiger partial charge in [0.15, 0.2) is 13.2 Å². The molecule has 7 aromatic rings. The van der Waals surface area contributed by atoms with Crippen LogP contribution in [0.25, 0.3) is 0 Å². The molecule has 0 aromatic heterocycles. The summed E-state index contributed by atoms with van der Waals surface area (Å²) < 4.78 is 12.4. The average molecular weight is 1470 g/mol. The van der Waals surface area contributed by atoms with Gasteiger partial charge < -0.3 is 30.7 Å². The number of hydrogen-bond donors (Lipinski definition) is 4. The monoisotopic (exact) mass is 1460 g/mol. The van der Waals surface area contributed by atoms with Gasteiger partial charge in [-0.3, -0.25) is 28.8 Å². The van der Waals surface area contributed by atoms with Crippen molar-refractivity contribution in [2.75, 3.05) is 33.9 Å². The van der Waals surface area contributed by atoms with Gasteiger partial charge in [-0.2, -0.15) is 20.2 Å². The molecule has 9 rings (SSSR count). The Morgan fingerprint density at radius 1 is 0.449 bits per heavy atom. The molecule has 0 bridgehead atoms. The molecule has 0 aliphatic carbocycles. The van der Waals surface area contributed by atoms with Crippen molar-refractivity contribution in [2.24, 2.45) is 22.0 Å². The van der Waals surface area contributed by atoms with Crippen molar-refractivity contribution in [1.82, 2.24) is 10.6 Å². The van der Waals surface area contributed by atoms with Crippen LogP contribution >= 0.6 is 81.2 Å². The third-order valence-electron chi connectivity index (χ3n) is 18.9. The van der Waals surface area contributed by atoms with Gasteiger partial charge in [0.2, 0.25) is 0 Å². The molecule has 23 heteroatoms. The number of benzene rings is 7. The van der Waals surface area contributed by atoms with Crippen LogP contribution in [-0.2, 0) is 40.8 Å². The number of rotatable bonds is 23. The number of halogens is 7. The number of carbonyl (C=O) groups excluding carboxylic acids is 6. The van der Waals surface area contributed by atoms with Crippen molar-refractivity contribution < 1.29 is 38.2 Å². The number of hydrazone groups is 2. The quantitative estimate of drug-likeness (QED) is 0.0485. The first kappa shape index (κ1) is 74.6. The van der Waals surface area contributed by atoms with Crippen LogP contribution in [0.2, 0.25) is 35.2 Å². The fraction of sp³-hybridized carbons (Fsp3) is 0.333. The van der Waals surface area contributed by atoms with E-state index in [0.29, 0.717) is 11.5 Å². The Morgan fingerprint density at radius 2 is 0.816 bits per heavy atom. The maximum atomic E-state index is 15.8. The lowest BCUT2D eigenvalue weighted by Gasteiger charge is -2.30. The predicted molar refractivity (Wildman–Crippen MR) is 396 cm³/mol. The summed E-state index contributed by atoms with van der Waals surface area (Å²) in [6.45, 7) is 25.0. The Kier molecular flexibility index (Phi) is 23.2. The van der Waals surface area contributed by atoms with Gasteiger partial charge in [-0.25, -0.2) is 0 Å². The van der Waals surface area contributed by atoms with Crippen LogP contribution in [0, 0.1) is 11.8 Å². The van der Waals surface area contributed by atoms with Crippen LogP contribution in [0.1, 0.15) is 163 Å². The summed E-state index contributed by atoms with van der Waals surface area (Å²) in [5.41, 5.74) is 3.84. The van der Waals surface area contributed by atoms with E-state index in [-0.39, 0.29) is 121 Å². The maximum absolute atomic E-state index is 15.8. The Hall–Kier alpha value is -7.67. The van der Waals surface area contributed by atoms with Gasteiger partial charge in [0.05, 0.1) is 20.1 Å².